The summed E-state index contributed by atoms with van der Waals surface area (Å²) < 4.78 is 23.6. The van der Waals surface area contributed by atoms with Crippen LogP contribution in [-0.2, 0) is 11.3 Å². The maximum Gasteiger partial charge on any atom is 0.267 e. The van der Waals surface area contributed by atoms with E-state index < -0.39 is 0 Å². The Labute approximate surface area is 182 Å². The lowest BCUT2D eigenvalue weighted by molar-refractivity contribution is -0.122. The smallest absolute Gasteiger partial charge is 0.267 e. The average Bonchev–Trinajstić information content (AvgIpc) is 3.40. The van der Waals surface area contributed by atoms with E-state index in [1.54, 1.807) is 43.7 Å². The van der Waals surface area contributed by atoms with Crippen molar-refractivity contribution in [3.8, 4) is 5.75 Å². The number of benzene rings is 2. The van der Waals surface area contributed by atoms with E-state index in [2.05, 4.69) is 10.2 Å². The Balaban J connectivity index is 1.59. The fourth-order valence-electron chi connectivity index (χ4n) is 2.83. The van der Waals surface area contributed by atoms with E-state index in [1.165, 1.54) is 35.0 Å². The Morgan fingerprint density at radius 1 is 1.10 bits per heavy atom. The van der Waals surface area contributed by atoms with Gasteiger partial charge in [-0.15, -0.1) is 5.10 Å². The van der Waals surface area contributed by atoms with Gasteiger partial charge in [0.25, 0.3) is 5.91 Å². The third kappa shape index (κ3) is 5.10. The van der Waals surface area contributed by atoms with Gasteiger partial charge >= 0.3 is 0 Å². The van der Waals surface area contributed by atoms with Gasteiger partial charge in [-0.25, -0.2) is 4.39 Å². The molecule has 8 heteroatoms. The van der Waals surface area contributed by atoms with Gasteiger partial charge in [0.05, 0.1) is 31.0 Å². The molecule has 1 aliphatic heterocycles. The van der Waals surface area contributed by atoms with Gasteiger partial charge in [-0.05, 0) is 65.4 Å². The molecule has 0 spiro atoms. The molecule has 0 saturated carbocycles. The largest absolute Gasteiger partial charge is 0.497 e. The highest BCUT2D eigenvalue weighted by atomic mass is 32.2. The van der Waals surface area contributed by atoms with Crippen molar-refractivity contribution in [2.24, 2.45) is 10.2 Å². The van der Waals surface area contributed by atoms with Crippen LogP contribution in [0.15, 0.2) is 86.5 Å². The molecule has 4 rings (SSSR count). The highest BCUT2D eigenvalue weighted by Crippen LogP contribution is 2.34. The van der Waals surface area contributed by atoms with Gasteiger partial charge in [-0.1, -0.05) is 24.3 Å². The summed E-state index contributed by atoms with van der Waals surface area (Å²) in [4.78, 5) is 15.1. The maximum atomic E-state index is 13.1. The van der Waals surface area contributed by atoms with Crippen LogP contribution in [-0.4, -0.2) is 29.3 Å². The number of rotatable bonds is 6. The van der Waals surface area contributed by atoms with Gasteiger partial charge in [0.1, 0.15) is 17.3 Å². The Kier molecular flexibility index (Phi) is 6.28. The number of methoxy groups -OCH3 is 1. The maximum absolute atomic E-state index is 13.1. The minimum absolute atomic E-state index is 0.187. The van der Waals surface area contributed by atoms with Crippen molar-refractivity contribution < 1.29 is 18.3 Å². The molecule has 2 heterocycles. The van der Waals surface area contributed by atoms with Crippen molar-refractivity contribution in [2.75, 3.05) is 7.11 Å². The van der Waals surface area contributed by atoms with Crippen LogP contribution in [0.4, 0.5) is 4.39 Å². The number of amidine groups is 1. The van der Waals surface area contributed by atoms with E-state index in [1.807, 2.05) is 24.3 Å². The lowest BCUT2D eigenvalue weighted by Gasteiger charge is -2.12. The summed E-state index contributed by atoms with van der Waals surface area (Å²) >= 11 is 1.23. The van der Waals surface area contributed by atoms with E-state index in [9.17, 15) is 9.18 Å². The molecule has 0 N–H and O–H groups in total. The van der Waals surface area contributed by atoms with Crippen molar-refractivity contribution in [3.63, 3.8) is 0 Å². The molecular formula is C23H18FN3O3S. The molecule has 0 unspecified atom stereocenters. The van der Waals surface area contributed by atoms with E-state index >= 15 is 0 Å². The van der Waals surface area contributed by atoms with Crippen LogP contribution in [0, 0.1) is 5.82 Å². The number of thioether (sulfide) groups is 1. The first-order valence-corrected chi connectivity index (χ1v) is 10.2. The summed E-state index contributed by atoms with van der Waals surface area (Å²) in [6.07, 6.45) is 4.86. The first-order chi connectivity index (χ1) is 15.1. The summed E-state index contributed by atoms with van der Waals surface area (Å²) in [5, 5.41) is 8.74. The summed E-state index contributed by atoms with van der Waals surface area (Å²) in [7, 11) is 1.60. The molecule has 1 amide bonds. The summed E-state index contributed by atoms with van der Waals surface area (Å²) in [6, 6.07) is 16.9. The molecule has 0 bridgehead atoms. The normalized spacial score (nSPS) is 16.7. The number of hydrogen-bond donors (Lipinski definition) is 0. The SMILES string of the molecule is COc1ccc(/C=C2\S/C(=N/N=C\c3ccc(F)cc3)N(Cc3ccco3)C2=O)cc1. The first-order valence-electron chi connectivity index (χ1n) is 9.37. The van der Waals surface area contributed by atoms with Gasteiger partial charge < -0.3 is 9.15 Å². The van der Waals surface area contributed by atoms with Crippen molar-refractivity contribution in [1.29, 1.82) is 0 Å². The van der Waals surface area contributed by atoms with Crippen LogP contribution >= 0.6 is 11.8 Å². The van der Waals surface area contributed by atoms with Crippen molar-refractivity contribution >= 4 is 35.1 Å². The predicted octanol–water partition coefficient (Wildman–Crippen LogP) is 4.93. The van der Waals surface area contributed by atoms with Gasteiger partial charge in [0.2, 0.25) is 0 Å². The molecule has 156 valence electrons. The minimum atomic E-state index is -0.321. The number of carbonyl (C=O) groups excluding carboxylic acids is 1. The fraction of sp³-hybridized carbons (Fsp3) is 0.0870. The molecule has 6 nitrogen and oxygen atoms in total. The number of halogens is 1. The van der Waals surface area contributed by atoms with E-state index in [0.717, 1.165) is 11.3 Å². The number of furan rings is 1. The van der Waals surface area contributed by atoms with Crippen LogP contribution in [0.5, 0.6) is 5.75 Å². The van der Waals surface area contributed by atoms with Gasteiger partial charge in [-0.3, -0.25) is 9.69 Å². The number of hydrogen-bond acceptors (Lipinski definition) is 6. The van der Waals surface area contributed by atoms with E-state index in [0.29, 0.717) is 21.4 Å². The van der Waals surface area contributed by atoms with Crippen molar-refractivity contribution in [1.82, 2.24) is 4.90 Å². The zero-order chi connectivity index (χ0) is 21.6. The Morgan fingerprint density at radius 2 is 1.84 bits per heavy atom. The average molecular weight is 435 g/mol. The second-order valence-electron chi connectivity index (χ2n) is 6.53. The quantitative estimate of drug-likeness (QED) is 0.313. The number of carbonyl (C=O) groups is 1. The molecule has 1 aliphatic rings. The van der Waals surface area contributed by atoms with Crippen molar-refractivity contribution in [2.45, 2.75) is 6.54 Å². The first kappa shape index (κ1) is 20.6. The minimum Gasteiger partial charge on any atom is -0.497 e. The van der Waals surface area contributed by atoms with Crippen molar-refractivity contribution in [3.05, 3.63) is 94.5 Å². The second-order valence-corrected chi connectivity index (χ2v) is 7.54. The van der Waals surface area contributed by atoms with Gasteiger partial charge in [0.15, 0.2) is 5.17 Å². The van der Waals surface area contributed by atoms with Crippen LogP contribution in [0.25, 0.3) is 6.08 Å². The van der Waals surface area contributed by atoms with Gasteiger partial charge in [-0.2, -0.15) is 5.10 Å². The standard InChI is InChI=1S/C23H18FN3O3S/c1-29-19-10-6-16(7-11-19)13-21-22(28)27(15-20-3-2-12-30-20)23(31-21)26-25-14-17-4-8-18(24)9-5-17/h2-14H,15H2,1H3/b21-13-,25-14-,26-23+. The summed E-state index contributed by atoms with van der Waals surface area (Å²) in [6.45, 7) is 0.240. The molecule has 2 aromatic carbocycles. The van der Waals surface area contributed by atoms with Crippen LogP contribution in [0.2, 0.25) is 0 Å². The van der Waals surface area contributed by atoms with Crippen LogP contribution in [0.3, 0.4) is 0 Å². The van der Waals surface area contributed by atoms with Crippen LogP contribution < -0.4 is 4.74 Å². The van der Waals surface area contributed by atoms with Gasteiger partial charge in [0, 0.05) is 0 Å². The Morgan fingerprint density at radius 3 is 2.52 bits per heavy atom. The molecule has 3 aromatic rings. The Bertz CT molecular complexity index is 1140. The zero-order valence-electron chi connectivity index (χ0n) is 16.6. The third-order valence-corrected chi connectivity index (χ3v) is 5.41. The number of amides is 1. The predicted molar refractivity (Wildman–Crippen MR) is 119 cm³/mol. The topological polar surface area (TPSA) is 67.4 Å². The third-order valence-electron chi connectivity index (χ3n) is 4.42. The molecular weight excluding hydrogens is 417 g/mol. The molecule has 0 aliphatic carbocycles. The Hall–Kier alpha value is -3.65. The lowest BCUT2D eigenvalue weighted by atomic mass is 10.2. The molecule has 0 atom stereocenters. The number of ether oxygens (including phenoxy) is 1. The van der Waals surface area contributed by atoms with Crippen LogP contribution in [0.1, 0.15) is 16.9 Å². The highest BCUT2D eigenvalue weighted by Gasteiger charge is 2.34. The monoisotopic (exact) mass is 435 g/mol. The summed E-state index contributed by atoms with van der Waals surface area (Å²) in [5.41, 5.74) is 1.57. The van der Waals surface area contributed by atoms with E-state index in [4.69, 9.17) is 9.15 Å². The molecule has 1 saturated heterocycles. The fourth-order valence-corrected chi connectivity index (χ4v) is 3.76. The molecule has 1 fully saturated rings. The second kappa shape index (κ2) is 9.44. The summed E-state index contributed by atoms with van der Waals surface area (Å²) in [5.74, 6) is 0.866. The molecule has 1 aromatic heterocycles. The van der Waals surface area contributed by atoms with E-state index in [-0.39, 0.29) is 18.3 Å². The lowest BCUT2D eigenvalue weighted by Crippen LogP contribution is -2.28. The highest BCUT2D eigenvalue weighted by molar-refractivity contribution is 8.18. The number of nitrogens with zero attached hydrogens (tertiary/aromatic N) is 3. The molecule has 31 heavy (non-hydrogen) atoms. The molecule has 0 radical (unpaired) electrons. The zero-order valence-corrected chi connectivity index (χ0v) is 17.4.